The quantitative estimate of drug-likeness (QED) is 0.769. The summed E-state index contributed by atoms with van der Waals surface area (Å²) in [5.41, 5.74) is 0. The van der Waals surface area contributed by atoms with Gasteiger partial charge in [0.2, 0.25) is 0 Å². The van der Waals surface area contributed by atoms with Crippen molar-refractivity contribution in [2.45, 2.75) is 42.9 Å². The monoisotopic (exact) mass is 210 g/mol. The van der Waals surface area contributed by atoms with Crippen molar-refractivity contribution >= 4 is 11.8 Å². The van der Waals surface area contributed by atoms with Gasteiger partial charge in [-0.25, -0.2) is 0 Å². The van der Waals surface area contributed by atoms with Crippen molar-refractivity contribution in [1.82, 2.24) is 0 Å². The molecule has 0 aliphatic rings. The first-order valence-electron chi connectivity index (χ1n) is 4.92. The van der Waals surface area contributed by atoms with Crippen molar-refractivity contribution in [3.63, 3.8) is 0 Å². The van der Waals surface area contributed by atoms with Gasteiger partial charge in [-0.3, -0.25) is 0 Å². The van der Waals surface area contributed by atoms with Crippen LogP contribution in [0.15, 0.2) is 35.2 Å². The summed E-state index contributed by atoms with van der Waals surface area (Å²) in [5.74, 6) is 0. The summed E-state index contributed by atoms with van der Waals surface area (Å²) in [6, 6.07) is 10.3. The molecular formula is C12H18OS. The zero-order valence-corrected chi connectivity index (χ0v) is 9.84. The lowest BCUT2D eigenvalue weighted by molar-refractivity contribution is 0.174. The van der Waals surface area contributed by atoms with Gasteiger partial charge in [0.25, 0.3) is 0 Å². The summed E-state index contributed by atoms with van der Waals surface area (Å²) in [7, 11) is 0. The fourth-order valence-electron chi connectivity index (χ4n) is 1.56. The highest BCUT2D eigenvalue weighted by atomic mass is 32.2. The molecule has 14 heavy (non-hydrogen) atoms. The molecule has 0 bridgehead atoms. The van der Waals surface area contributed by atoms with Crippen LogP contribution in [0.4, 0.5) is 0 Å². The molecule has 1 rings (SSSR count). The van der Waals surface area contributed by atoms with Gasteiger partial charge in [0.1, 0.15) is 0 Å². The molecule has 1 aromatic rings. The minimum absolute atomic E-state index is 0.0928. The van der Waals surface area contributed by atoms with Crippen LogP contribution in [0.2, 0.25) is 0 Å². The molecule has 2 heteroatoms. The van der Waals surface area contributed by atoms with Gasteiger partial charge in [0, 0.05) is 9.64 Å². The summed E-state index contributed by atoms with van der Waals surface area (Å²) in [5, 5.41) is 9.35. The van der Waals surface area contributed by atoms with Gasteiger partial charge in [-0.1, -0.05) is 32.0 Å². The van der Waals surface area contributed by atoms with Crippen molar-refractivity contribution in [2.75, 3.05) is 0 Å². The molecule has 0 saturated carbocycles. The van der Waals surface area contributed by atoms with Gasteiger partial charge in [0.15, 0.2) is 0 Å². The second kappa shape index (κ2) is 4.85. The Bertz CT molecular complexity index is 267. The molecule has 0 amide bonds. The van der Waals surface area contributed by atoms with Crippen LogP contribution in [0.3, 0.4) is 0 Å². The summed E-state index contributed by atoms with van der Waals surface area (Å²) in [4.78, 5) is 1.26. The van der Waals surface area contributed by atoms with E-state index in [4.69, 9.17) is 0 Å². The molecule has 0 radical (unpaired) electrons. The van der Waals surface area contributed by atoms with Gasteiger partial charge >= 0.3 is 0 Å². The lowest BCUT2D eigenvalue weighted by Crippen LogP contribution is -2.21. The maximum absolute atomic E-state index is 9.35. The summed E-state index contributed by atoms with van der Waals surface area (Å²) in [6.07, 6.45) is 0.577. The van der Waals surface area contributed by atoms with E-state index in [1.807, 2.05) is 36.9 Å². The molecule has 1 aromatic carbocycles. The van der Waals surface area contributed by atoms with E-state index in [9.17, 15) is 5.11 Å². The highest BCUT2D eigenvalue weighted by Gasteiger charge is 2.21. The number of rotatable bonds is 4. The van der Waals surface area contributed by atoms with Gasteiger partial charge in [-0.05, 0) is 25.5 Å². The van der Waals surface area contributed by atoms with E-state index < -0.39 is 0 Å². The lowest BCUT2D eigenvalue weighted by atomic mass is 10.1. The number of hydrogen-bond donors (Lipinski definition) is 1. The zero-order chi connectivity index (χ0) is 10.6. The Kier molecular flexibility index (Phi) is 4.02. The Balaban J connectivity index is 2.59. The molecular weight excluding hydrogens is 192 g/mol. The molecule has 1 N–H and O–H groups in total. The molecule has 0 spiro atoms. The second-order valence-electron chi connectivity index (χ2n) is 4.23. The van der Waals surface area contributed by atoms with Crippen molar-refractivity contribution in [2.24, 2.45) is 0 Å². The fraction of sp³-hybridized carbons (Fsp3) is 0.500. The smallest absolute Gasteiger partial charge is 0.0525 e. The first-order chi connectivity index (χ1) is 6.49. The van der Waals surface area contributed by atoms with E-state index in [-0.39, 0.29) is 10.9 Å². The molecule has 0 unspecified atom stereocenters. The average Bonchev–Trinajstić information content (AvgIpc) is 2.02. The van der Waals surface area contributed by atoms with Crippen molar-refractivity contribution < 1.29 is 5.11 Å². The molecule has 1 atom stereocenters. The van der Waals surface area contributed by atoms with Crippen LogP contribution in [-0.2, 0) is 0 Å². The van der Waals surface area contributed by atoms with Crippen LogP contribution in [0.25, 0.3) is 0 Å². The minimum Gasteiger partial charge on any atom is -0.393 e. The molecule has 0 fully saturated rings. The van der Waals surface area contributed by atoms with E-state index in [1.165, 1.54) is 4.90 Å². The number of hydrogen-bond acceptors (Lipinski definition) is 2. The van der Waals surface area contributed by atoms with Crippen LogP contribution in [0, 0.1) is 0 Å². The van der Waals surface area contributed by atoms with E-state index in [0.29, 0.717) is 0 Å². The SMILES string of the molecule is C[C@H](O)CC(C)(C)Sc1ccccc1. The predicted molar refractivity (Wildman–Crippen MR) is 62.7 cm³/mol. The van der Waals surface area contributed by atoms with E-state index >= 15 is 0 Å². The lowest BCUT2D eigenvalue weighted by Gasteiger charge is -2.25. The van der Waals surface area contributed by atoms with E-state index in [0.717, 1.165) is 6.42 Å². The van der Waals surface area contributed by atoms with Crippen LogP contribution in [0.5, 0.6) is 0 Å². The Morgan fingerprint density at radius 3 is 2.36 bits per heavy atom. The predicted octanol–water partition coefficient (Wildman–Crippen LogP) is 3.33. The number of aliphatic hydroxyl groups is 1. The first kappa shape index (κ1) is 11.6. The Hall–Kier alpha value is -0.470. The van der Waals surface area contributed by atoms with Crippen molar-refractivity contribution in [3.8, 4) is 0 Å². The van der Waals surface area contributed by atoms with Crippen LogP contribution < -0.4 is 0 Å². The molecule has 0 heterocycles. The zero-order valence-electron chi connectivity index (χ0n) is 9.03. The maximum Gasteiger partial charge on any atom is 0.0525 e. The molecule has 1 nitrogen and oxygen atoms in total. The summed E-state index contributed by atoms with van der Waals surface area (Å²) >= 11 is 1.81. The summed E-state index contributed by atoms with van der Waals surface area (Å²) in [6.45, 7) is 6.17. The first-order valence-corrected chi connectivity index (χ1v) is 5.73. The Labute approximate surface area is 90.5 Å². The van der Waals surface area contributed by atoms with Crippen LogP contribution in [-0.4, -0.2) is 16.0 Å². The third-order valence-corrected chi connectivity index (χ3v) is 3.15. The van der Waals surface area contributed by atoms with Gasteiger partial charge in [-0.2, -0.15) is 0 Å². The highest BCUT2D eigenvalue weighted by Crippen LogP contribution is 2.35. The highest BCUT2D eigenvalue weighted by molar-refractivity contribution is 8.00. The van der Waals surface area contributed by atoms with Crippen molar-refractivity contribution in [1.29, 1.82) is 0 Å². The standard InChI is InChI=1S/C12H18OS/c1-10(13)9-12(2,3)14-11-7-5-4-6-8-11/h4-8,10,13H,9H2,1-3H3/t10-/m0/s1. The third-order valence-electron chi connectivity index (χ3n) is 1.92. The maximum atomic E-state index is 9.35. The van der Waals surface area contributed by atoms with Crippen LogP contribution >= 0.6 is 11.8 Å². The molecule has 0 saturated heterocycles. The van der Waals surface area contributed by atoms with Crippen LogP contribution in [0.1, 0.15) is 27.2 Å². The topological polar surface area (TPSA) is 20.2 Å². The van der Waals surface area contributed by atoms with E-state index in [2.05, 4.69) is 26.0 Å². The normalized spacial score (nSPS) is 14.0. The molecule has 0 aliphatic heterocycles. The van der Waals surface area contributed by atoms with Gasteiger partial charge in [0.05, 0.1) is 6.10 Å². The number of thioether (sulfide) groups is 1. The van der Waals surface area contributed by atoms with E-state index in [1.54, 1.807) is 0 Å². The minimum atomic E-state index is -0.235. The molecule has 0 aliphatic carbocycles. The Morgan fingerprint density at radius 1 is 1.29 bits per heavy atom. The number of benzene rings is 1. The molecule has 78 valence electrons. The number of aliphatic hydroxyl groups excluding tert-OH is 1. The third kappa shape index (κ3) is 4.16. The average molecular weight is 210 g/mol. The second-order valence-corrected chi connectivity index (χ2v) is 6.01. The largest absolute Gasteiger partial charge is 0.393 e. The molecule has 0 aromatic heterocycles. The van der Waals surface area contributed by atoms with Gasteiger partial charge < -0.3 is 5.11 Å². The van der Waals surface area contributed by atoms with Crippen molar-refractivity contribution in [3.05, 3.63) is 30.3 Å². The summed E-state index contributed by atoms with van der Waals surface area (Å²) < 4.78 is 0.0928. The fourth-order valence-corrected chi connectivity index (χ4v) is 2.82. The Morgan fingerprint density at radius 2 is 1.86 bits per heavy atom. The van der Waals surface area contributed by atoms with Gasteiger partial charge in [-0.15, -0.1) is 11.8 Å².